The first-order chi connectivity index (χ1) is 14.0. The molecule has 2 aliphatic heterocycles. The smallest absolute Gasteiger partial charge is 0.407 e. The third kappa shape index (κ3) is 3.04. The number of likely N-dealkylation sites (tertiary alicyclic amines) is 1. The van der Waals surface area contributed by atoms with Crippen molar-refractivity contribution in [3.63, 3.8) is 0 Å². The Morgan fingerprint density at radius 3 is 2.34 bits per heavy atom. The number of carbonyl (C=O) groups is 2. The number of amides is 2. The Bertz CT molecular complexity index is 839. The lowest BCUT2D eigenvalue weighted by Crippen LogP contribution is -2.59. The molecule has 3 saturated carbocycles. The van der Waals surface area contributed by atoms with E-state index in [0.29, 0.717) is 23.8 Å². The third-order valence-electron chi connectivity index (χ3n) is 8.40. The number of nitrogens with one attached hydrogen (secondary N) is 1. The fourth-order valence-electron chi connectivity index (χ4n) is 6.34. The first kappa shape index (κ1) is 17.8. The monoisotopic (exact) mass is 394 g/mol. The predicted molar refractivity (Wildman–Crippen MR) is 109 cm³/mol. The molecular formula is C24H30N2O3. The lowest BCUT2D eigenvalue weighted by Gasteiger charge is -2.53. The minimum Gasteiger partial charge on any atom is -0.447 e. The van der Waals surface area contributed by atoms with Crippen LogP contribution in [0.1, 0.15) is 74.3 Å². The quantitative estimate of drug-likeness (QED) is 0.845. The largest absolute Gasteiger partial charge is 0.447 e. The van der Waals surface area contributed by atoms with Crippen molar-refractivity contribution in [3.05, 3.63) is 35.4 Å². The number of benzene rings is 1. The van der Waals surface area contributed by atoms with Crippen molar-refractivity contribution in [1.29, 1.82) is 0 Å². The van der Waals surface area contributed by atoms with Gasteiger partial charge in [0.1, 0.15) is 6.61 Å². The molecule has 5 heteroatoms. The maximum atomic E-state index is 12.9. The Hall–Kier alpha value is -2.04. The van der Waals surface area contributed by atoms with Gasteiger partial charge in [0.2, 0.25) is 5.91 Å². The minimum absolute atomic E-state index is 0.0605. The van der Waals surface area contributed by atoms with Gasteiger partial charge >= 0.3 is 6.09 Å². The average molecular weight is 395 g/mol. The van der Waals surface area contributed by atoms with Crippen molar-refractivity contribution >= 4 is 12.0 Å². The normalized spacial score (nSPS) is 28.0. The van der Waals surface area contributed by atoms with Crippen molar-refractivity contribution in [1.82, 2.24) is 10.2 Å². The van der Waals surface area contributed by atoms with E-state index in [1.54, 1.807) is 11.1 Å². The van der Waals surface area contributed by atoms with Crippen LogP contribution in [0.3, 0.4) is 0 Å². The lowest BCUT2D eigenvalue weighted by molar-refractivity contribution is -0.144. The molecule has 0 radical (unpaired) electrons. The number of rotatable bonds is 3. The molecule has 5 fully saturated rings. The van der Waals surface area contributed by atoms with Crippen molar-refractivity contribution in [3.8, 4) is 0 Å². The number of cyclic esters (lactones) is 1. The number of hydrogen-bond acceptors (Lipinski definition) is 3. The molecule has 2 amide bonds. The lowest BCUT2D eigenvalue weighted by atomic mass is 9.56. The average Bonchev–Trinajstić information content (AvgIpc) is 3.46. The molecule has 5 aliphatic rings. The highest BCUT2D eigenvalue weighted by molar-refractivity contribution is 5.81. The van der Waals surface area contributed by atoms with E-state index in [1.807, 2.05) is 0 Å². The molecule has 2 heterocycles. The van der Waals surface area contributed by atoms with E-state index in [1.165, 1.54) is 25.7 Å². The summed E-state index contributed by atoms with van der Waals surface area (Å²) in [5.41, 5.74) is 3.29. The number of nitrogens with zero attached hydrogens (tertiary/aromatic N) is 1. The molecule has 1 aromatic rings. The van der Waals surface area contributed by atoms with E-state index in [2.05, 4.69) is 34.5 Å². The number of piperidine rings is 1. The fraction of sp³-hybridized carbons (Fsp3) is 0.667. The van der Waals surface area contributed by atoms with Crippen LogP contribution < -0.4 is 5.32 Å². The van der Waals surface area contributed by atoms with Crippen LogP contribution in [-0.4, -0.2) is 42.1 Å². The SMILES string of the molecule is O=C1NC2(CO1)CC(C(=O)N1CCC3(CC1)CC(c1cccc(C4CC4)c1)C3)C2. The van der Waals surface area contributed by atoms with Gasteiger partial charge in [0.25, 0.3) is 0 Å². The van der Waals surface area contributed by atoms with Crippen LogP contribution in [0.25, 0.3) is 0 Å². The van der Waals surface area contributed by atoms with E-state index in [4.69, 9.17) is 4.74 Å². The van der Waals surface area contributed by atoms with Crippen molar-refractivity contribution in [2.24, 2.45) is 11.3 Å². The molecule has 1 aromatic carbocycles. The van der Waals surface area contributed by atoms with Crippen LogP contribution in [0, 0.1) is 11.3 Å². The maximum absolute atomic E-state index is 12.9. The molecule has 5 nitrogen and oxygen atoms in total. The Morgan fingerprint density at radius 1 is 1.03 bits per heavy atom. The molecule has 0 unspecified atom stereocenters. The maximum Gasteiger partial charge on any atom is 0.407 e. The highest BCUT2D eigenvalue weighted by atomic mass is 16.6. The van der Waals surface area contributed by atoms with Gasteiger partial charge in [0, 0.05) is 19.0 Å². The summed E-state index contributed by atoms with van der Waals surface area (Å²) < 4.78 is 5.03. The predicted octanol–water partition coefficient (Wildman–Crippen LogP) is 3.94. The van der Waals surface area contributed by atoms with Crippen LogP contribution in [0.15, 0.2) is 24.3 Å². The zero-order valence-corrected chi connectivity index (χ0v) is 17.0. The molecule has 0 bridgehead atoms. The Labute approximate surface area is 172 Å². The molecule has 2 spiro atoms. The molecule has 1 N–H and O–H groups in total. The number of carbonyl (C=O) groups excluding carboxylic acids is 2. The van der Waals surface area contributed by atoms with E-state index in [0.717, 1.165) is 44.7 Å². The van der Waals surface area contributed by atoms with E-state index < -0.39 is 0 Å². The number of ether oxygens (including phenoxy) is 1. The highest BCUT2D eigenvalue weighted by Gasteiger charge is 2.54. The topological polar surface area (TPSA) is 58.6 Å². The van der Waals surface area contributed by atoms with Crippen LogP contribution in [-0.2, 0) is 9.53 Å². The molecule has 6 rings (SSSR count). The number of hydrogen-bond donors (Lipinski definition) is 1. The Balaban J connectivity index is 1.01. The second kappa shape index (κ2) is 6.23. The van der Waals surface area contributed by atoms with Gasteiger partial charge in [-0.25, -0.2) is 4.79 Å². The van der Waals surface area contributed by atoms with Gasteiger partial charge in [-0.05, 0) is 79.7 Å². The van der Waals surface area contributed by atoms with Crippen molar-refractivity contribution in [2.45, 2.75) is 68.7 Å². The van der Waals surface area contributed by atoms with Gasteiger partial charge in [-0.1, -0.05) is 24.3 Å². The molecule has 29 heavy (non-hydrogen) atoms. The summed E-state index contributed by atoms with van der Waals surface area (Å²) in [6.07, 6.45) is 8.74. The van der Waals surface area contributed by atoms with E-state index in [-0.39, 0.29) is 17.6 Å². The summed E-state index contributed by atoms with van der Waals surface area (Å²) in [6.45, 7) is 2.22. The van der Waals surface area contributed by atoms with Gasteiger partial charge in [0.05, 0.1) is 5.54 Å². The first-order valence-corrected chi connectivity index (χ1v) is 11.4. The van der Waals surface area contributed by atoms with E-state index in [9.17, 15) is 9.59 Å². The zero-order valence-electron chi connectivity index (χ0n) is 17.0. The fourth-order valence-corrected chi connectivity index (χ4v) is 6.34. The summed E-state index contributed by atoms with van der Waals surface area (Å²) in [5, 5.41) is 2.89. The molecular weight excluding hydrogens is 364 g/mol. The van der Waals surface area contributed by atoms with Crippen LogP contribution in [0.2, 0.25) is 0 Å². The Kier molecular flexibility index (Phi) is 3.82. The van der Waals surface area contributed by atoms with Gasteiger partial charge in [-0.2, -0.15) is 0 Å². The second-order valence-electron chi connectivity index (χ2n) is 10.5. The molecule has 2 saturated heterocycles. The zero-order chi connectivity index (χ0) is 19.6. The summed E-state index contributed by atoms with van der Waals surface area (Å²) >= 11 is 0. The third-order valence-corrected chi connectivity index (χ3v) is 8.40. The molecule has 0 aromatic heterocycles. The first-order valence-electron chi connectivity index (χ1n) is 11.4. The van der Waals surface area contributed by atoms with Gasteiger partial charge in [-0.15, -0.1) is 0 Å². The summed E-state index contributed by atoms with van der Waals surface area (Å²) in [7, 11) is 0. The molecule has 3 aliphatic carbocycles. The summed E-state index contributed by atoms with van der Waals surface area (Å²) in [4.78, 5) is 26.3. The van der Waals surface area contributed by atoms with Crippen LogP contribution >= 0.6 is 0 Å². The van der Waals surface area contributed by atoms with Gasteiger partial charge in [-0.3, -0.25) is 4.79 Å². The summed E-state index contributed by atoms with van der Waals surface area (Å²) in [6, 6.07) is 9.33. The molecule has 154 valence electrons. The Morgan fingerprint density at radius 2 is 1.72 bits per heavy atom. The van der Waals surface area contributed by atoms with Crippen LogP contribution in [0.5, 0.6) is 0 Å². The minimum atomic E-state index is -0.335. The molecule has 0 atom stereocenters. The van der Waals surface area contributed by atoms with Gasteiger partial charge in [0.15, 0.2) is 0 Å². The second-order valence-corrected chi connectivity index (χ2v) is 10.5. The van der Waals surface area contributed by atoms with Crippen molar-refractivity contribution < 1.29 is 14.3 Å². The van der Waals surface area contributed by atoms with Crippen molar-refractivity contribution in [2.75, 3.05) is 19.7 Å². The van der Waals surface area contributed by atoms with E-state index >= 15 is 0 Å². The standard InChI is InChI=1S/C24H30N2O3/c27-21(20-13-24(14-20)15-29-22(28)25-24)26-8-6-23(7-9-26)11-19(12-23)18-3-1-2-17(10-18)16-4-5-16/h1-3,10,16,19-20H,4-9,11-15H2,(H,25,28). The van der Waals surface area contributed by atoms with Gasteiger partial charge < -0.3 is 15.0 Å². The summed E-state index contributed by atoms with van der Waals surface area (Å²) in [5.74, 6) is 1.89. The number of alkyl carbamates (subject to hydrolysis) is 1. The van der Waals surface area contributed by atoms with Crippen LogP contribution in [0.4, 0.5) is 4.79 Å². The highest BCUT2D eigenvalue weighted by Crippen LogP contribution is 2.57.